The van der Waals surface area contributed by atoms with Gasteiger partial charge in [-0.05, 0) is 50.0 Å². The first kappa shape index (κ1) is 5.21. The Kier molecular flexibility index (Phi) is 1.42. The summed E-state index contributed by atoms with van der Waals surface area (Å²) < 4.78 is 31.7. The minimum absolute atomic E-state index is 0.0533. The minimum atomic E-state index is -0.221. The Morgan fingerprint density at radius 1 is 1.15 bits per heavy atom. The second-order valence-electron chi connectivity index (χ2n) is 2.00. The number of rotatable bonds is 1. The Hall–Kier alpha value is -0.750. The first-order valence-electron chi connectivity index (χ1n) is 5.15. The van der Waals surface area contributed by atoms with Crippen LogP contribution in [-0.4, -0.2) is 20.0 Å². The summed E-state index contributed by atoms with van der Waals surface area (Å²) in [5.41, 5.74) is 0. The Morgan fingerprint density at radius 2 is 2.00 bits per heavy atom. The van der Waals surface area contributed by atoms with E-state index in [1.54, 1.807) is 0 Å². The van der Waals surface area contributed by atoms with Gasteiger partial charge in [-0.2, -0.15) is 5.10 Å². The molecule has 6 heteroatoms. The summed E-state index contributed by atoms with van der Waals surface area (Å²) >= 11 is 6.00. The van der Waals surface area contributed by atoms with Gasteiger partial charge in [0.25, 0.3) is 0 Å². The van der Waals surface area contributed by atoms with Gasteiger partial charge in [0.05, 0.1) is 5.48 Å². The minimum Gasteiger partial charge on any atom is -0.220 e. The third kappa shape index (κ3) is 1.94. The molecule has 2 aromatic heterocycles. The summed E-state index contributed by atoms with van der Waals surface area (Å²) in [5.74, 6) is -0.0533. The molecule has 0 N–H and O–H groups in total. The lowest BCUT2D eigenvalue weighted by Gasteiger charge is -1.97. The van der Waals surface area contributed by atoms with Crippen LogP contribution in [0.2, 0.25) is 0 Å². The molecule has 2 aromatic rings. The highest BCUT2D eigenvalue weighted by Crippen LogP contribution is 2.10. The van der Waals surface area contributed by atoms with Crippen LogP contribution in [-0.2, 0) is 0 Å². The molecule has 0 bridgehead atoms. The highest BCUT2D eigenvalue weighted by molar-refractivity contribution is 9.10. The average Bonchev–Trinajstić information content (AvgIpc) is 2.54. The lowest BCUT2D eigenvalue weighted by Crippen LogP contribution is -1.99. The standard InChI is InChI=1S/C7H4Br2N4/c8-5-1-2-7(11-10-5)13-4-3-6(9)12-13/h1-4H/i1D,2D,3D,4D. The molecule has 0 aromatic carbocycles. The maximum Gasteiger partial charge on any atom is 0.175 e. The Morgan fingerprint density at radius 3 is 2.69 bits per heavy atom. The molecule has 66 valence electrons. The van der Waals surface area contributed by atoms with Crippen molar-refractivity contribution in [3.05, 3.63) is 33.5 Å². The third-order valence-electron chi connectivity index (χ3n) is 1.16. The van der Waals surface area contributed by atoms with E-state index in [-0.39, 0.29) is 39.3 Å². The monoisotopic (exact) mass is 306 g/mol. The molecule has 4 nitrogen and oxygen atoms in total. The van der Waals surface area contributed by atoms with E-state index in [4.69, 9.17) is 5.48 Å². The Balaban J connectivity index is 2.69. The number of nitrogens with zero attached hydrogens (tertiary/aromatic N) is 4. The van der Waals surface area contributed by atoms with Gasteiger partial charge in [0.15, 0.2) is 5.82 Å². The van der Waals surface area contributed by atoms with Gasteiger partial charge in [0.1, 0.15) is 9.21 Å². The number of aromatic nitrogens is 4. The van der Waals surface area contributed by atoms with Gasteiger partial charge < -0.3 is 0 Å². The van der Waals surface area contributed by atoms with Crippen molar-refractivity contribution in [2.45, 2.75) is 0 Å². The van der Waals surface area contributed by atoms with Crippen LogP contribution in [0.4, 0.5) is 0 Å². The molecule has 0 aliphatic heterocycles. The number of hydrogen-bond donors (Lipinski definition) is 0. The van der Waals surface area contributed by atoms with Gasteiger partial charge in [-0.15, -0.1) is 10.2 Å². The zero-order valence-corrected chi connectivity index (χ0v) is 9.22. The van der Waals surface area contributed by atoms with Crippen LogP contribution in [0.5, 0.6) is 0 Å². The second kappa shape index (κ2) is 3.55. The number of halogens is 2. The molecule has 13 heavy (non-hydrogen) atoms. The molecule has 0 unspecified atom stereocenters. The van der Waals surface area contributed by atoms with E-state index in [1.807, 2.05) is 0 Å². The van der Waals surface area contributed by atoms with Gasteiger partial charge in [0.2, 0.25) is 0 Å². The molecule has 0 spiro atoms. The predicted molar refractivity (Wildman–Crippen MR) is 54.6 cm³/mol. The summed E-state index contributed by atoms with van der Waals surface area (Å²) in [5, 5.41) is 11.2. The van der Waals surface area contributed by atoms with Gasteiger partial charge in [-0.1, -0.05) is 0 Å². The van der Waals surface area contributed by atoms with Crippen molar-refractivity contribution in [3.63, 3.8) is 0 Å². The molecule has 0 atom stereocenters. The van der Waals surface area contributed by atoms with Gasteiger partial charge in [0, 0.05) is 6.17 Å². The lowest BCUT2D eigenvalue weighted by atomic mass is 10.5. The molecule has 0 fully saturated rings. The van der Waals surface area contributed by atoms with Crippen molar-refractivity contribution < 1.29 is 5.48 Å². The fourth-order valence-electron chi connectivity index (χ4n) is 0.681. The maximum absolute atomic E-state index is 7.71. The maximum atomic E-state index is 7.71. The van der Waals surface area contributed by atoms with Gasteiger partial charge in [-0.3, -0.25) is 0 Å². The quantitative estimate of drug-likeness (QED) is 0.811. The van der Waals surface area contributed by atoms with E-state index in [0.29, 0.717) is 0 Å². The molecule has 2 heterocycles. The first-order chi connectivity index (χ1) is 7.93. The van der Waals surface area contributed by atoms with Crippen molar-refractivity contribution in [3.8, 4) is 5.82 Å². The summed E-state index contributed by atoms with van der Waals surface area (Å²) in [6.07, 6.45) is -0.221. The first-order valence-corrected chi connectivity index (χ1v) is 4.73. The molecule has 0 aliphatic rings. The largest absolute Gasteiger partial charge is 0.220 e. The molecule has 0 saturated heterocycles. The van der Waals surface area contributed by atoms with Crippen LogP contribution >= 0.6 is 31.9 Å². The molecule has 0 aliphatic carbocycles. The molecular weight excluding hydrogens is 300 g/mol. The van der Waals surface area contributed by atoms with Crippen LogP contribution in [0.25, 0.3) is 5.82 Å². The van der Waals surface area contributed by atoms with Crippen LogP contribution in [0.1, 0.15) is 5.48 Å². The molecule has 0 amide bonds. The fourth-order valence-corrected chi connectivity index (χ4v) is 1.11. The Labute approximate surface area is 96.9 Å². The van der Waals surface area contributed by atoms with Crippen molar-refractivity contribution in [2.75, 3.05) is 0 Å². The summed E-state index contributed by atoms with van der Waals surface area (Å²) in [6, 6.07) is -0.469. The van der Waals surface area contributed by atoms with Crippen molar-refractivity contribution >= 4 is 31.9 Å². The highest BCUT2D eigenvalue weighted by atomic mass is 79.9. The summed E-state index contributed by atoms with van der Waals surface area (Å²) in [4.78, 5) is 0. The van der Waals surface area contributed by atoms with Crippen LogP contribution in [0.15, 0.2) is 33.5 Å². The zero-order chi connectivity index (χ0) is 12.7. The van der Waals surface area contributed by atoms with Crippen molar-refractivity contribution in [2.24, 2.45) is 0 Å². The van der Waals surface area contributed by atoms with Crippen LogP contribution in [0, 0.1) is 0 Å². The van der Waals surface area contributed by atoms with E-state index in [0.717, 1.165) is 4.68 Å². The van der Waals surface area contributed by atoms with Gasteiger partial charge >= 0.3 is 0 Å². The van der Waals surface area contributed by atoms with E-state index in [2.05, 4.69) is 47.2 Å². The summed E-state index contributed by atoms with van der Waals surface area (Å²) in [7, 11) is 0. The molecular formula is C7H4Br2N4. The predicted octanol–water partition coefficient (Wildman–Crippen LogP) is 2.19. The highest BCUT2D eigenvalue weighted by Gasteiger charge is 1.99. The average molecular weight is 308 g/mol. The lowest BCUT2D eigenvalue weighted by molar-refractivity contribution is 0.803. The van der Waals surface area contributed by atoms with Crippen LogP contribution in [0.3, 0.4) is 0 Å². The zero-order valence-electron chi connectivity index (χ0n) is 10.0. The third-order valence-corrected chi connectivity index (χ3v) is 1.88. The topological polar surface area (TPSA) is 43.6 Å². The SMILES string of the molecule is [2H]c1c(Br)nnc(-n2nc(Br)c([2H])c2[2H])c1[2H]. The second-order valence-corrected chi connectivity index (χ2v) is 3.51. The Bertz CT molecular complexity index is 600. The van der Waals surface area contributed by atoms with Crippen molar-refractivity contribution in [1.82, 2.24) is 20.0 Å². The molecule has 0 saturated carbocycles. The molecule has 2 rings (SSSR count). The summed E-state index contributed by atoms with van der Waals surface area (Å²) in [6.45, 7) is 0. The van der Waals surface area contributed by atoms with E-state index in [1.165, 1.54) is 0 Å². The number of hydrogen-bond acceptors (Lipinski definition) is 3. The van der Waals surface area contributed by atoms with Gasteiger partial charge in [-0.25, -0.2) is 4.68 Å². The van der Waals surface area contributed by atoms with Crippen molar-refractivity contribution in [1.29, 1.82) is 0 Å². The van der Waals surface area contributed by atoms with E-state index >= 15 is 0 Å². The molecule has 0 radical (unpaired) electrons. The van der Waals surface area contributed by atoms with Crippen LogP contribution < -0.4 is 0 Å². The normalized spacial score (nSPS) is 14.6. The smallest absolute Gasteiger partial charge is 0.175 e. The van der Waals surface area contributed by atoms with E-state index in [9.17, 15) is 0 Å². The van der Waals surface area contributed by atoms with E-state index < -0.39 is 0 Å². The fraction of sp³-hybridized carbons (Fsp3) is 0.